The molecule has 10 N–H and O–H groups in total. The molecule has 4 unspecified atom stereocenters. The van der Waals surface area contributed by atoms with E-state index in [-0.39, 0.29) is 12.3 Å². The summed E-state index contributed by atoms with van der Waals surface area (Å²) in [5.41, 5.74) is 11.1. The lowest BCUT2D eigenvalue weighted by Gasteiger charge is -2.24. The second-order valence-corrected chi connectivity index (χ2v) is 7.36. The SMILES string of the molecule is CC(C)C(N)C(=O)NC(CO)C(=O)NC(CCCCN)C(=O)NC(CC(=O)O)C(=O)O. The number of hydrogen-bond acceptors (Lipinski definition) is 8. The van der Waals surface area contributed by atoms with E-state index in [1.54, 1.807) is 13.8 Å². The highest BCUT2D eigenvalue weighted by Gasteiger charge is 2.31. The van der Waals surface area contributed by atoms with Crippen molar-refractivity contribution in [2.24, 2.45) is 17.4 Å². The van der Waals surface area contributed by atoms with Crippen molar-refractivity contribution >= 4 is 29.7 Å². The van der Waals surface area contributed by atoms with E-state index in [2.05, 4.69) is 16.0 Å². The summed E-state index contributed by atoms with van der Waals surface area (Å²) in [4.78, 5) is 59.1. The van der Waals surface area contributed by atoms with Crippen LogP contribution < -0.4 is 27.4 Å². The molecular formula is C18H33N5O8. The molecule has 13 nitrogen and oxygen atoms in total. The van der Waals surface area contributed by atoms with Crippen LogP contribution >= 0.6 is 0 Å². The Labute approximate surface area is 179 Å². The van der Waals surface area contributed by atoms with E-state index >= 15 is 0 Å². The van der Waals surface area contributed by atoms with Crippen LogP contribution in [0.1, 0.15) is 39.5 Å². The van der Waals surface area contributed by atoms with Gasteiger partial charge in [0.2, 0.25) is 17.7 Å². The molecule has 0 saturated heterocycles. The molecule has 0 bridgehead atoms. The van der Waals surface area contributed by atoms with E-state index in [0.29, 0.717) is 19.4 Å². The third-order valence-corrected chi connectivity index (χ3v) is 4.41. The fourth-order valence-electron chi connectivity index (χ4n) is 2.45. The first-order valence-corrected chi connectivity index (χ1v) is 9.86. The summed E-state index contributed by atoms with van der Waals surface area (Å²) in [5.74, 6) is -5.67. The second-order valence-electron chi connectivity index (χ2n) is 7.36. The van der Waals surface area contributed by atoms with Gasteiger partial charge in [0.05, 0.1) is 19.1 Å². The molecule has 178 valence electrons. The quantitative estimate of drug-likeness (QED) is 0.119. The molecule has 0 radical (unpaired) electrons. The number of hydrogen-bond donors (Lipinski definition) is 8. The normalized spacial score (nSPS) is 14.8. The van der Waals surface area contributed by atoms with Gasteiger partial charge in [0.15, 0.2) is 0 Å². The number of aliphatic carboxylic acids is 2. The van der Waals surface area contributed by atoms with Gasteiger partial charge in [0.25, 0.3) is 0 Å². The minimum Gasteiger partial charge on any atom is -0.481 e. The number of nitrogens with two attached hydrogens (primary N) is 2. The molecule has 0 heterocycles. The summed E-state index contributed by atoms with van der Waals surface area (Å²) in [6, 6.07) is -5.25. The maximum absolute atomic E-state index is 12.5. The van der Waals surface area contributed by atoms with Gasteiger partial charge in [0, 0.05) is 0 Å². The van der Waals surface area contributed by atoms with Crippen LogP contribution in [0.3, 0.4) is 0 Å². The molecule has 0 spiro atoms. The summed E-state index contributed by atoms with van der Waals surface area (Å²) in [6.07, 6.45) is 0.138. The lowest BCUT2D eigenvalue weighted by molar-refractivity contribution is -0.147. The molecule has 0 rings (SSSR count). The zero-order valence-electron chi connectivity index (χ0n) is 17.7. The predicted octanol–water partition coefficient (Wildman–Crippen LogP) is -2.90. The number of rotatable bonds is 15. The Morgan fingerprint density at radius 3 is 1.81 bits per heavy atom. The number of amides is 3. The first-order valence-electron chi connectivity index (χ1n) is 9.86. The van der Waals surface area contributed by atoms with Crippen molar-refractivity contribution in [1.29, 1.82) is 0 Å². The monoisotopic (exact) mass is 447 g/mol. The zero-order valence-corrected chi connectivity index (χ0v) is 17.7. The Kier molecular flexibility index (Phi) is 13.0. The number of carbonyl (C=O) groups is 5. The highest BCUT2D eigenvalue weighted by atomic mass is 16.4. The maximum Gasteiger partial charge on any atom is 0.326 e. The van der Waals surface area contributed by atoms with Gasteiger partial charge in [-0.05, 0) is 31.7 Å². The van der Waals surface area contributed by atoms with Crippen LogP contribution in [-0.4, -0.2) is 82.3 Å². The molecule has 0 aromatic carbocycles. The van der Waals surface area contributed by atoms with Gasteiger partial charge in [0.1, 0.15) is 18.1 Å². The van der Waals surface area contributed by atoms with Crippen LogP contribution in [0.4, 0.5) is 0 Å². The fourth-order valence-corrected chi connectivity index (χ4v) is 2.45. The van der Waals surface area contributed by atoms with Crippen LogP contribution in [-0.2, 0) is 24.0 Å². The summed E-state index contributed by atoms with van der Waals surface area (Å²) in [6.45, 7) is 2.95. The van der Waals surface area contributed by atoms with Crippen molar-refractivity contribution in [3.8, 4) is 0 Å². The number of aliphatic hydroxyl groups excluding tert-OH is 1. The largest absolute Gasteiger partial charge is 0.481 e. The van der Waals surface area contributed by atoms with Gasteiger partial charge in [-0.3, -0.25) is 19.2 Å². The van der Waals surface area contributed by atoms with Crippen molar-refractivity contribution in [2.75, 3.05) is 13.2 Å². The number of unbranched alkanes of at least 4 members (excludes halogenated alkanes) is 1. The minimum atomic E-state index is -1.70. The van der Waals surface area contributed by atoms with Crippen molar-refractivity contribution < 1.29 is 39.3 Å². The van der Waals surface area contributed by atoms with E-state index in [1.165, 1.54) is 0 Å². The predicted molar refractivity (Wildman–Crippen MR) is 108 cm³/mol. The van der Waals surface area contributed by atoms with Gasteiger partial charge < -0.3 is 42.7 Å². The smallest absolute Gasteiger partial charge is 0.326 e. The van der Waals surface area contributed by atoms with Gasteiger partial charge >= 0.3 is 11.9 Å². The van der Waals surface area contributed by atoms with Gasteiger partial charge in [-0.1, -0.05) is 13.8 Å². The highest BCUT2D eigenvalue weighted by molar-refractivity contribution is 5.94. The first kappa shape index (κ1) is 28.2. The third kappa shape index (κ3) is 10.7. The van der Waals surface area contributed by atoms with Crippen molar-refractivity contribution in [2.45, 2.75) is 63.7 Å². The molecule has 31 heavy (non-hydrogen) atoms. The summed E-state index contributed by atoms with van der Waals surface area (Å²) < 4.78 is 0. The van der Waals surface area contributed by atoms with E-state index in [9.17, 15) is 29.1 Å². The van der Waals surface area contributed by atoms with E-state index < -0.39 is 66.9 Å². The second kappa shape index (κ2) is 14.3. The summed E-state index contributed by atoms with van der Waals surface area (Å²) in [5, 5.41) is 34.1. The molecule has 0 aliphatic carbocycles. The van der Waals surface area contributed by atoms with E-state index in [0.717, 1.165) is 0 Å². The molecule has 0 aliphatic rings. The first-order chi connectivity index (χ1) is 14.4. The molecule has 13 heteroatoms. The standard InChI is InChI=1S/C18H33N5O8/c1-9(2)14(20)17(29)23-12(8-24)16(28)21-10(5-3-4-6-19)15(27)22-11(18(30)31)7-13(25)26/h9-12,14,24H,3-8,19-20H2,1-2H3,(H,21,28)(H,22,27)(H,23,29)(H,25,26)(H,30,31). The molecule has 0 aromatic rings. The Hall–Kier alpha value is -2.77. The summed E-state index contributed by atoms with van der Waals surface area (Å²) in [7, 11) is 0. The topological polar surface area (TPSA) is 234 Å². The average Bonchev–Trinajstić information content (AvgIpc) is 2.69. The lowest BCUT2D eigenvalue weighted by atomic mass is 10.0. The Morgan fingerprint density at radius 2 is 1.35 bits per heavy atom. The molecule has 4 atom stereocenters. The number of nitrogens with one attached hydrogen (secondary N) is 3. The van der Waals surface area contributed by atoms with Gasteiger partial charge in [-0.15, -0.1) is 0 Å². The van der Waals surface area contributed by atoms with Crippen molar-refractivity contribution in [3.63, 3.8) is 0 Å². The Bertz CT molecular complexity index is 642. The molecule has 3 amide bonds. The van der Waals surface area contributed by atoms with E-state index in [1.807, 2.05) is 0 Å². The van der Waals surface area contributed by atoms with Crippen molar-refractivity contribution in [1.82, 2.24) is 16.0 Å². The number of carboxylic acids is 2. The van der Waals surface area contributed by atoms with Gasteiger partial charge in [-0.2, -0.15) is 0 Å². The highest BCUT2D eigenvalue weighted by Crippen LogP contribution is 2.04. The Morgan fingerprint density at radius 1 is 0.839 bits per heavy atom. The molecule has 0 fully saturated rings. The third-order valence-electron chi connectivity index (χ3n) is 4.41. The molecule has 0 saturated carbocycles. The number of aliphatic hydroxyl groups is 1. The fraction of sp³-hybridized carbons (Fsp3) is 0.722. The Balaban J connectivity index is 5.31. The number of carboxylic acid groups (broad SMARTS) is 2. The average molecular weight is 447 g/mol. The molecule has 0 aromatic heterocycles. The van der Waals surface area contributed by atoms with Crippen molar-refractivity contribution in [3.05, 3.63) is 0 Å². The van der Waals surface area contributed by atoms with Crippen LogP contribution in [0.2, 0.25) is 0 Å². The zero-order chi connectivity index (χ0) is 24.1. The number of carbonyl (C=O) groups excluding carboxylic acids is 3. The van der Waals surface area contributed by atoms with E-state index in [4.69, 9.17) is 21.7 Å². The maximum atomic E-state index is 12.5. The lowest BCUT2D eigenvalue weighted by Crippen LogP contribution is -2.58. The van der Waals surface area contributed by atoms with Crippen LogP contribution in [0.25, 0.3) is 0 Å². The van der Waals surface area contributed by atoms with Crippen LogP contribution in [0.15, 0.2) is 0 Å². The van der Waals surface area contributed by atoms with Crippen LogP contribution in [0.5, 0.6) is 0 Å². The molecule has 0 aliphatic heterocycles. The van der Waals surface area contributed by atoms with Crippen LogP contribution in [0, 0.1) is 5.92 Å². The summed E-state index contributed by atoms with van der Waals surface area (Å²) >= 11 is 0. The minimum absolute atomic E-state index is 0.0752. The van der Waals surface area contributed by atoms with Gasteiger partial charge in [-0.25, -0.2) is 4.79 Å². The molecular weight excluding hydrogens is 414 g/mol.